The lowest BCUT2D eigenvalue weighted by Crippen LogP contribution is -2.55. The number of aliphatic hydroxyl groups excluding tert-OH is 3. The molecule has 4 aliphatic rings. The Hall–Kier alpha value is -0.730. The van der Waals surface area contributed by atoms with E-state index in [0.29, 0.717) is 31.3 Å². The molecular weight excluding hydrogens is 472 g/mol. The van der Waals surface area contributed by atoms with Gasteiger partial charge in [0, 0.05) is 20.1 Å². The van der Waals surface area contributed by atoms with Gasteiger partial charge in [0.1, 0.15) is 0 Å². The molecule has 0 radical (unpaired) electrons. The number of ether oxygens (including phenoxy) is 3. The van der Waals surface area contributed by atoms with E-state index in [4.69, 9.17) is 14.2 Å². The summed E-state index contributed by atoms with van der Waals surface area (Å²) in [4.78, 5) is 13.2. The van der Waals surface area contributed by atoms with Crippen molar-refractivity contribution < 1.29 is 34.3 Å². The van der Waals surface area contributed by atoms with Gasteiger partial charge in [0.2, 0.25) is 0 Å². The van der Waals surface area contributed by atoms with Crippen molar-refractivity contribution in [1.82, 2.24) is 0 Å². The molecule has 1 aliphatic heterocycles. The van der Waals surface area contributed by atoms with Crippen molar-refractivity contribution in [3.05, 3.63) is 0 Å². The summed E-state index contributed by atoms with van der Waals surface area (Å²) in [6, 6.07) is 0. The zero-order valence-electron chi connectivity index (χ0n) is 24.3. The average Bonchev–Trinajstić information content (AvgIpc) is 3.18. The lowest BCUT2D eigenvalue weighted by Gasteiger charge is -2.56. The molecule has 3 N–H and O–H groups in total. The van der Waals surface area contributed by atoms with Crippen LogP contribution in [0.3, 0.4) is 0 Å². The first kappa shape index (κ1) is 29.3. The molecule has 7 nitrogen and oxygen atoms in total. The van der Waals surface area contributed by atoms with Crippen molar-refractivity contribution in [1.29, 1.82) is 0 Å². The topological polar surface area (TPSA) is 105 Å². The maximum Gasteiger partial charge on any atom is 0.309 e. The third-order valence-corrected chi connectivity index (χ3v) is 12.4. The summed E-state index contributed by atoms with van der Waals surface area (Å²) < 4.78 is 17.2. The SMILES string of the molecule is CO[C@@H]1C[C@@]2(C)[C@H](C[C@@H]1O)C(=O)OC[C@@H]1[C@@H]2CC[C@]2(C)[C@@H]([C@H](C)[C@H](O)[C@H](O)[C@@H](C)C(C)(C)OC)CC[C@@H]12. The fourth-order valence-electron chi connectivity index (χ4n) is 9.35. The molecule has 37 heavy (non-hydrogen) atoms. The van der Waals surface area contributed by atoms with Crippen LogP contribution in [0, 0.1) is 52.3 Å². The molecule has 3 saturated carbocycles. The van der Waals surface area contributed by atoms with E-state index in [1.54, 1.807) is 14.2 Å². The van der Waals surface area contributed by atoms with Gasteiger partial charge >= 0.3 is 5.97 Å². The predicted molar refractivity (Wildman–Crippen MR) is 141 cm³/mol. The highest BCUT2D eigenvalue weighted by atomic mass is 16.5. The molecule has 1 heterocycles. The number of methoxy groups -OCH3 is 2. The highest BCUT2D eigenvalue weighted by molar-refractivity contribution is 5.74. The van der Waals surface area contributed by atoms with E-state index in [9.17, 15) is 20.1 Å². The third-order valence-electron chi connectivity index (χ3n) is 12.4. The van der Waals surface area contributed by atoms with Gasteiger partial charge in [-0.25, -0.2) is 0 Å². The van der Waals surface area contributed by atoms with Crippen molar-refractivity contribution in [2.45, 2.75) is 110 Å². The summed E-state index contributed by atoms with van der Waals surface area (Å²) in [6.07, 6.45) is 2.55. The fourth-order valence-corrected chi connectivity index (χ4v) is 9.35. The van der Waals surface area contributed by atoms with Gasteiger partial charge in [-0.05, 0) is 92.8 Å². The van der Waals surface area contributed by atoms with E-state index >= 15 is 0 Å². The van der Waals surface area contributed by atoms with Crippen LogP contribution >= 0.6 is 0 Å². The molecule has 0 aromatic carbocycles. The highest BCUT2D eigenvalue weighted by Crippen LogP contribution is 2.66. The van der Waals surface area contributed by atoms with E-state index in [1.807, 2.05) is 20.8 Å². The van der Waals surface area contributed by atoms with Crippen LogP contribution in [0.2, 0.25) is 0 Å². The van der Waals surface area contributed by atoms with E-state index in [-0.39, 0.29) is 52.5 Å². The molecule has 1 saturated heterocycles. The molecule has 4 rings (SSSR count). The normalized spacial score (nSPS) is 45.5. The first-order valence-corrected chi connectivity index (χ1v) is 14.5. The minimum absolute atomic E-state index is 0.0126. The molecule has 0 aromatic rings. The van der Waals surface area contributed by atoms with Crippen LogP contribution in [0.25, 0.3) is 0 Å². The lowest BCUT2D eigenvalue weighted by molar-refractivity contribution is -0.164. The van der Waals surface area contributed by atoms with Gasteiger partial charge < -0.3 is 29.5 Å². The number of carbonyl (C=O) groups is 1. The third kappa shape index (κ3) is 4.69. The van der Waals surface area contributed by atoms with Crippen LogP contribution < -0.4 is 0 Å². The van der Waals surface area contributed by atoms with Gasteiger partial charge in [0.05, 0.1) is 42.5 Å². The largest absolute Gasteiger partial charge is 0.465 e. The molecule has 3 aliphatic carbocycles. The number of aliphatic hydroxyl groups is 3. The molecule has 0 spiro atoms. The molecule has 0 amide bonds. The minimum atomic E-state index is -0.873. The zero-order chi connectivity index (χ0) is 27.5. The van der Waals surface area contributed by atoms with Crippen molar-refractivity contribution >= 4 is 5.97 Å². The monoisotopic (exact) mass is 524 g/mol. The molecule has 0 aromatic heterocycles. The van der Waals surface area contributed by atoms with Crippen LogP contribution in [-0.4, -0.2) is 72.1 Å². The van der Waals surface area contributed by atoms with E-state index in [2.05, 4.69) is 20.8 Å². The zero-order valence-corrected chi connectivity index (χ0v) is 24.3. The number of rotatable bonds is 7. The first-order valence-electron chi connectivity index (χ1n) is 14.5. The Balaban J connectivity index is 1.57. The summed E-state index contributed by atoms with van der Waals surface area (Å²) in [5.74, 6) is 0.529. The standard InChI is InChI=1S/C30H52O7/c1-16(25(32)26(33)17(2)28(3,4)36-8)19-9-10-20-18-15-37-27(34)22-13-23(31)24(35-7)14-30(22,6)21(18)11-12-29(19,20)5/h16-26,31-33H,9-15H2,1-8H3/t16-,17+,18-,19+,20-,21-,22+,23-,24+,25-,26+,29+,30+/m0/s1. The molecule has 7 heteroatoms. The van der Waals surface area contributed by atoms with Crippen LogP contribution in [0.5, 0.6) is 0 Å². The summed E-state index contributed by atoms with van der Waals surface area (Å²) in [6.45, 7) is 13.0. The molecule has 0 unspecified atom stereocenters. The predicted octanol–water partition coefficient (Wildman–Crippen LogP) is 3.81. The molecular formula is C30H52O7. The second-order valence-corrected chi connectivity index (χ2v) is 14.0. The van der Waals surface area contributed by atoms with Crippen LogP contribution in [0.4, 0.5) is 0 Å². The Morgan fingerprint density at radius 1 is 1.03 bits per heavy atom. The Labute approximate surface area is 223 Å². The number of fused-ring (bicyclic) bond motifs is 5. The Kier molecular flexibility index (Phi) is 8.18. The second-order valence-electron chi connectivity index (χ2n) is 14.0. The Bertz CT molecular complexity index is 831. The second kappa shape index (κ2) is 10.3. The fraction of sp³-hybridized carbons (Fsp3) is 0.967. The average molecular weight is 525 g/mol. The molecule has 4 fully saturated rings. The smallest absolute Gasteiger partial charge is 0.309 e. The van der Waals surface area contributed by atoms with Crippen LogP contribution in [0.1, 0.15) is 80.1 Å². The van der Waals surface area contributed by atoms with Crippen molar-refractivity contribution in [3.8, 4) is 0 Å². The minimum Gasteiger partial charge on any atom is -0.465 e. The van der Waals surface area contributed by atoms with E-state index < -0.39 is 23.9 Å². The van der Waals surface area contributed by atoms with Crippen molar-refractivity contribution in [2.24, 2.45) is 52.3 Å². The lowest BCUT2D eigenvalue weighted by atomic mass is 9.48. The Morgan fingerprint density at radius 3 is 2.30 bits per heavy atom. The van der Waals surface area contributed by atoms with Gasteiger partial charge in [0.15, 0.2) is 0 Å². The van der Waals surface area contributed by atoms with Gasteiger partial charge in [-0.1, -0.05) is 27.7 Å². The first-order chi connectivity index (χ1) is 17.2. The van der Waals surface area contributed by atoms with Gasteiger partial charge in [-0.2, -0.15) is 0 Å². The van der Waals surface area contributed by atoms with E-state index in [1.165, 1.54) is 0 Å². The Morgan fingerprint density at radius 2 is 1.68 bits per heavy atom. The number of carbonyl (C=O) groups excluding carboxylic acids is 1. The number of cyclic esters (lactones) is 1. The molecule has 0 bridgehead atoms. The highest BCUT2D eigenvalue weighted by Gasteiger charge is 2.63. The van der Waals surface area contributed by atoms with Crippen LogP contribution in [-0.2, 0) is 19.0 Å². The maximum absolute atomic E-state index is 13.2. The van der Waals surface area contributed by atoms with Gasteiger partial charge in [-0.15, -0.1) is 0 Å². The van der Waals surface area contributed by atoms with Gasteiger partial charge in [-0.3, -0.25) is 4.79 Å². The van der Waals surface area contributed by atoms with Crippen molar-refractivity contribution in [3.63, 3.8) is 0 Å². The number of hydrogen-bond acceptors (Lipinski definition) is 7. The van der Waals surface area contributed by atoms with Crippen molar-refractivity contribution in [2.75, 3.05) is 20.8 Å². The summed E-state index contributed by atoms with van der Waals surface area (Å²) in [5.41, 5.74) is -0.789. The number of esters is 1. The molecule has 214 valence electrons. The van der Waals surface area contributed by atoms with Crippen LogP contribution in [0.15, 0.2) is 0 Å². The summed E-state index contributed by atoms with van der Waals surface area (Å²) >= 11 is 0. The summed E-state index contributed by atoms with van der Waals surface area (Å²) in [5, 5.41) is 33.1. The molecule has 13 atom stereocenters. The number of hydrogen-bond donors (Lipinski definition) is 3. The quantitative estimate of drug-likeness (QED) is 0.435. The van der Waals surface area contributed by atoms with Gasteiger partial charge in [0.25, 0.3) is 0 Å². The maximum atomic E-state index is 13.2. The van der Waals surface area contributed by atoms with E-state index in [0.717, 1.165) is 25.7 Å². The summed E-state index contributed by atoms with van der Waals surface area (Å²) in [7, 11) is 3.30.